The third-order valence-electron chi connectivity index (χ3n) is 3.64. The van der Waals surface area contributed by atoms with Gasteiger partial charge in [-0.2, -0.15) is 0 Å². The number of halogens is 1. The first kappa shape index (κ1) is 14.8. The van der Waals surface area contributed by atoms with Gasteiger partial charge in [-0.3, -0.25) is 9.59 Å². The zero-order valence-electron chi connectivity index (χ0n) is 11.6. The van der Waals surface area contributed by atoms with Crippen molar-refractivity contribution in [1.29, 1.82) is 0 Å². The van der Waals surface area contributed by atoms with E-state index in [1.807, 2.05) is 0 Å². The molecule has 114 valence electrons. The zero-order valence-corrected chi connectivity index (χ0v) is 12.4. The van der Waals surface area contributed by atoms with E-state index < -0.39 is 12.1 Å². The first-order valence-electron chi connectivity index (χ1n) is 7.02. The maximum atomic E-state index is 12.1. The summed E-state index contributed by atoms with van der Waals surface area (Å²) >= 11 is 5.83. The number of carbonyl (C=O) groups is 2. The van der Waals surface area contributed by atoms with Crippen LogP contribution in [0.2, 0.25) is 5.02 Å². The highest BCUT2D eigenvalue weighted by Crippen LogP contribution is 2.21. The van der Waals surface area contributed by atoms with Crippen molar-refractivity contribution in [2.24, 2.45) is 0 Å². The standard InChI is InChI=1S/C16H13ClO5/c17-9-5-6-13-10(7-9)12(19)8-15(21-13)16(20)22-14-4-2-1-3-11(14)18/h5-8,14H,1-4H2/t14-/m0/s1. The van der Waals surface area contributed by atoms with Crippen LogP contribution in [0.1, 0.15) is 36.2 Å². The minimum atomic E-state index is -0.797. The van der Waals surface area contributed by atoms with Crippen LogP contribution in [-0.4, -0.2) is 17.9 Å². The molecule has 0 radical (unpaired) electrons. The Bertz CT molecular complexity index is 808. The van der Waals surface area contributed by atoms with Gasteiger partial charge in [-0.1, -0.05) is 11.6 Å². The van der Waals surface area contributed by atoms with Crippen LogP contribution in [0.4, 0.5) is 0 Å². The first-order chi connectivity index (χ1) is 10.5. The van der Waals surface area contributed by atoms with Crippen molar-refractivity contribution in [3.05, 3.63) is 45.3 Å². The first-order valence-corrected chi connectivity index (χ1v) is 7.39. The number of carbonyl (C=O) groups excluding carboxylic acids is 2. The fraction of sp³-hybridized carbons (Fsp3) is 0.312. The molecule has 6 heteroatoms. The average molecular weight is 321 g/mol. The number of Topliss-reactive ketones (excluding diaryl/α,β-unsaturated/α-hetero) is 1. The van der Waals surface area contributed by atoms with Gasteiger partial charge in [0.1, 0.15) is 5.58 Å². The molecule has 0 N–H and O–H groups in total. The molecule has 1 saturated carbocycles. The highest BCUT2D eigenvalue weighted by atomic mass is 35.5. The van der Waals surface area contributed by atoms with E-state index in [0.717, 1.165) is 18.9 Å². The van der Waals surface area contributed by atoms with E-state index in [0.29, 0.717) is 17.9 Å². The lowest BCUT2D eigenvalue weighted by Crippen LogP contribution is -2.30. The van der Waals surface area contributed by atoms with Gasteiger partial charge in [0, 0.05) is 17.5 Å². The summed E-state index contributed by atoms with van der Waals surface area (Å²) in [6.45, 7) is 0. The maximum absolute atomic E-state index is 12.1. The van der Waals surface area contributed by atoms with Crippen molar-refractivity contribution in [1.82, 2.24) is 0 Å². The highest BCUT2D eigenvalue weighted by molar-refractivity contribution is 6.31. The van der Waals surface area contributed by atoms with Gasteiger partial charge in [0.25, 0.3) is 0 Å². The van der Waals surface area contributed by atoms with Gasteiger partial charge in [-0.15, -0.1) is 0 Å². The van der Waals surface area contributed by atoms with Crippen molar-refractivity contribution in [3.8, 4) is 0 Å². The molecule has 0 bridgehead atoms. The van der Waals surface area contributed by atoms with Crippen LogP contribution >= 0.6 is 11.6 Å². The number of hydrogen-bond donors (Lipinski definition) is 0. The van der Waals surface area contributed by atoms with Crippen LogP contribution in [0.3, 0.4) is 0 Å². The SMILES string of the molecule is O=C(O[C@H]1CCCCC1=O)c1cc(=O)c2cc(Cl)ccc2o1. The third-order valence-corrected chi connectivity index (χ3v) is 3.87. The fourth-order valence-corrected chi connectivity index (χ4v) is 2.66. The Kier molecular flexibility index (Phi) is 3.98. The molecule has 22 heavy (non-hydrogen) atoms. The lowest BCUT2D eigenvalue weighted by atomic mass is 9.96. The summed E-state index contributed by atoms with van der Waals surface area (Å²) in [4.78, 5) is 35.8. The second kappa shape index (κ2) is 5.93. The molecule has 3 rings (SSSR count). The third kappa shape index (κ3) is 2.90. The summed E-state index contributed by atoms with van der Waals surface area (Å²) in [6.07, 6.45) is 1.84. The fourth-order valence-electron chi connectivity index (χ4n) is 2.49. The normalized spacial score (nSPS) is 18.4. The molecule has 1 heterocycles. The van der Waals surface area contributed by atoms with Gasteiger partial charge < -0.3 is 9.15 Å². The Morgan fingerprint density at radius 2 is 2.05 bits per heavy atom. The summed E-state index contributed by atoms with van der Waals surface area (Å²) in [5, 5.41) is 0.695. The summed E-state index contributed by atoms with van der Waals surface area (Å²) in [7, 11) is 0. The summed E-state index contributed by atoms with van der Waals surface area (Å²) < 4.78 is 10.6. The Morgan fingerprint density at radius 1 is 1.23 bits per heavy atom. The van der Waals surface area contributed by atoms with Gasteiger partial charge in [0.05, 0.1) is 5.39 Å². The van der Waals surface area contributed by atoms with Crippen LogP contribution in [0.25, 0.3) is 11.0 Å². The van der Waals surface area contributed by atoms with Gasteiger partial charge >= 0.3 is 5.97 Å². The summed E-state index contributed by atoms with van der Waals surface area (Å²) in [6, 6.07) is 5.62. The van der Waals surface area contributed by atoms with Gasteiger partial charge in [-0.05, 0) is 37.5 Å². The molecule has 1 fully saturated rings. The molecule has 0 saturated heterocycles. The Labute approximate surface area is 130 Å². The number of fused-ring (bicyclic) bond motifs is 1. The van der Waals surface area contributed by atoms with Crippen LogP contribution in [0, 0.1) is 0 Å². The van der Waals surface area contributed by atoms with E-state index in [9.17, 15) is 14.4 Å². The van der Waals surface area contributed by atoms with Crippen molar-refractivity contribution in [2.75, 3.05) is 0 Å². The van der Waals surface area contributed by atoms with Crippen molar-refractivity contribution < 1.29 is 18.7 Å². The van der Waals surface area contributed by atoms with E-state index in [4.69, 9.17) is 20.8 Å². The lowest BCUT2D eigenvalue weighted by Gasteiger charge is -2.20. The predicted octanol–water partition coefficient (Wildman–Crippen LogP) is 3.11. The van der Waals surface area contributed by atoms with Gasteiger partial charge in [-0.25, -0.2) is 4.79 Å². The van der Waals surface area contributed by atoms with E-state index in [1.165, 1.54) is 12.1 Å². The Hall–Kier alpha value is -2.14. The highest BCUT2D eigenvalue weighted by Gasteiger charge is 2.27. The maximum Gasteiger partial charge on any atom is 0.375 e. The van der Waals surface area contributed by atoms with Crippen LogP contribution in [-0.2, 0) is 9.53 Å². The second-order valence-corrected chi connectivity index (χ2v) is 5.66. The second-order valence-electron chi connectivity index (χ2n) is 5.22. The molecular formula is C16H13ClO5. The summed E-state index contributed by atoms with van der Waals surface area (Å²) in [5.41, 5.74) is -0.135. The Morgan fingerprint density at radius 3 is 2.82 bits per heavy atom. The molecule has 0 spiro atoms. The minimum absolute atomic E-state index is 0.0884. The van der Waals surface area contributed by atoms with Crippen molar-refractivity contribution >= 4 is 34.3 Å². The van der Waals surface area contributed by atoms with Gasteiger partial charge in [0.15, 0.2) is 17.3 Å². The molecule has 1 aliphatic rings. The smallest absolute Gasteiger partial charge is 0.375 e. The number of hydrogen-bond acceptors (Lipinski definition) is 5. The minimum Gasteiger partial charge on any atom is -0.449 e. The molecule has 0 unspecified atom stereocenters. The lowest BCUT2D eigenvalue weighted by molar-refractivity contribution is -0.130. The molecule has 1 aliphatic carbocycles. The van der Waals surface area contributed by atoms with E-state index in [2.05, 4.69) is 0 Å². The summed E-state index contributed by atoms with van der Waals surface area (Å²) in [5.74, 6) is -1.10. The number of rotatable bonds is 2. The average Bonchev–Trinajstić information content (AvgIpc) is 2.50. The zero-order chi connectivity index (χ0) is 15.7. The van der Waals surface area contributed by atoms with Crippen LogP contribution < -0.4 is 5.43 Å². The molecule has 1 aromatic heterocycles. The van der Waals surface area contributed by atoms with Crippen LogP contribution in [0.15, 0.2) is 33.5 Å². The number of benzene rings is 1. The molecule has 1 aromatic carbocycles. The van der Waals surface area contributed by atoms with Crippen molar-refractivity contribution in [2.45, 2.75) is 31.8 Å². The quantitative estimate of drug-likeness (QED) is 0.795. The monoisotopic (exact) mass is 320 g/mol. The predicted molar refractivity (Wildman–Crippen MR) is 80.2 cm³/mol. The topological polar surface area (TPSA) is 73.6 Å². The van der Waals surface area contributed by atoms with Gasteiger partial charge in [0.2, 0.25) is 5.76 Å². The molecular weight excluding hydrogens is 308 g/mol. The number of ether oxygens (including phenoxy) is 1. The van der Waals surface area contributed by atoms with Crippen molar-refractivity contribution in [3.63, 3.8) is 0 Å². The molecule has 5 nitrogen and oxygen atoms in total. The Balaban J connectivity index is 1.89. The molecule has 2 aromatic rings. The van der Waals surface area contributed by atoms with E-state index in [1.54, 1.807) is 6.07 Å². The van der Waals surface area contributed by atoms with Crippen LogP contribution in [0.5, 0.6) is 0 Å². The number of esters is 1. The largest absolute Gasteiger partial charge is 0.449 e. The number of ketones is 1. The molecule has 1 atom stereocenters. The molecule has 0 aliphatic heterocycles. The van der Waals surface area contributed by atoms with E-state index >= 15 is 0 Å². The molecule has 0 amide bonds. The van der Waals surface area contributed by atoms with E-state index in [-0.39, 0.29) is 27.9 Å².